The summed E-state index contributed by atoms with van der Waals surface area (Å²) in [6.45, 7) is 1.72. The minimum atomic E-state index is -4.20. The van der Waals surface area contributed by atoms with E-state index >= 15 is 0 Å². The van der Waals surface area contributed by atoms with Crippen molar-refractivity contribution in [3.8, 4) is 0 Å². The van der Waals surface area contributed by atoms with Gasteiger partial charge in [0.05, 0.1) is 9.79 Å². The average Bonchev–Trinajstić information content (AvgIpc) is 3.47. The fourth-order valence-electron chi connectivity index (χ4n) is 6.65. The van der Waals surface area contributed by atoms with Gasteiger partial charge in [-0.05, 0) is 78.6 Å². The zero-order valence-corrected chi connectivity index (χ0v) is 31.4. The lowest BCUT2D eigenvalue weighted by atomic mass is 9.84. The molecule has 5 aromatic rings. The highest BCUT2D eigenvalue weighted by Gasteiger charge is 2.26. The number of hydrogen-bond donors (Lipinski definition) is 2. The van der Waals surface area contributed by atoms with E-state index < -0.39 is 26.0 Å². The summed E-state index contributed by atoms with van der Waals surface area (Å²) in [7, 11) is -6.15. The summed E-state index contributed by atoms with van der Waals surface area (Å²) in [5.41, 5.74) is 3.27. The maximum absolute atomic E-state index is 13.4. The molecule has 1 aliphatic carbocycles. The maximum atomic E-state index is 13.4. The van der Waals surface area contributed by atoms with Crippen LogP contribution in [0.25, 0.3) is 10.9 Å². The lowest BCUT2D eigenvalue weighted by Gasteiger charge is -2.23. The molecule has 0 radical (unpaired) electrons. The van der Waals surface area contributed by atoms with Gasteiger partial charge < -0.3 is 4.57 Å². The number of primary sulfonamides is 1. The quantitative estimate of drug-likeness (QED) is 0.0964. The zero-order chi connectivity index (χ0) is 36.9. The first kappa shape index (κ1) is 37.5. The summed E-state index contributed by atoms with van der Waals surface area (Å²) in [5, 5.41) is 5.91. The molecule has 6 rings (SSSR count). The summed E-state index contributed by atoms with van der Waals surface area (Å²) in [4.78, 5) is 30.1. The van der Waals surface area contributed by atoms with Crippen LogP contribution in [0.5, 0.6) is 0 Å². The molecule has 0 bridgehead atoms. The zero-order valence-electron chi connectivity index (χ0n) is 28.9. The van der Waals surface area contributed by atoms with Crippen molar-refractivity contribution in [1.29, 1.82) is 0 Å². The van der Waals surface area contributed by atoms with Crippen molar-refractivity contribution in [3.63, 3.8) is 0 Å². The molecule has 1 heterocycles. The van der Waals surface area contributed by atoms with E-state index in [2.05, 4.69) is 21.8 Å². The number of carbonyl (C=O) groups is 2. The number of thioether (sulfide) groups is 1. The Morgan fingerprint density at radius 2 is 1.44 bits per heavy atom. The normalized spacial score (nSPS) is 14.1. The van der Waals surface area contributed by atoms with Gasteiger partial charge in [-0.2, -0.15) is 0 Å². The fraction of sp³-hybridized carbons (Fsp3) is 0.282. The Balaban J connectivity index is 1.14. The SMILES string of the molecule is Cn1cc(C(=O)C2CCCCC2)c2cc(C(=O)NS(=O)(=O)c3ccc(CN(CCSc4ccccc4)Cc4ccc(S(N)(=O)=O)cc4)cc3)ccc21. The first-order valence-electron chi connectivity index (χ1n) is 17.2. The molecule has 1 aliphatic rings. The number of Topliss-reactive ketones (excluding diaryl/α,β-unsaturated/α-hetero) is 1. The number of ketones is 1. The van der Waals surface area contributed by atoms with Crippen LogP contribution in [0.15, 0.2) is 118 Å². The molecule has 13 heteroatoms. The van der Waals surface area contributed by atoms with E-state index in [0.29, 0.717) is 30.6 Å². The summed E-state index contributed by atoms with van der Waals surface area (Å²) in [6.07, 6.45) is 6.70. The van der Waals surface area contributed by atoms with E-state index in [-0.39, 0.29) is 27.1 Å². The van der Waals surface area contributed by atoms with Crippen LogP contribution in [0.3, 0.4) is 0 Å². The Morgan fingerprint density at radius 1 is 0.827 bits per heavy atom. The Bertz CT molecular complexity index is 2270. The molecule has 3 N–H and O–H groups in total. The molecule has 1 saturated carbocycles. The van der Waals surface area contributed by atoms with Crippen LogP contribution in [-0.2, 0) is 40.2 Å². The molecule has 1 fully saturated rings. The van der Waals surface area contributed by atoms with Crippen molar-refractivity contribution in [2.24, 2.45) is 18.1 Å². The lowest BCUT2D eigenvalue weighted by Crippen LogP contribution is -2.30. The smallest absolute Gasteiger partial charge is 0.265 e. The highest BCUT2D eigenvalue weighted by Crippen LogP contribution is 2.31. The third-order valence-corrected chi connectivity index (χ3v) is 12.7. The molecular formula is C39H42N4O6S3. The van der Waals surface area contributed by atoms with Gasteiger partial charge in [0.25, 0.3) is 15.9 Å². The number of nitrogens with zero attached hydrogens (tertiary/aromatic N) is 2. The van der Waals surface area contributed by atoms with Crippen molar-refractivity contribution in [2.75, 3.05) is 12.3 Å². The van der Waals surface area contributed by atoms with E-state index in [9.17, 15) is 26.4 Å². The lowest BCUT2D eigenvalue weighted by molar-refractivity contribution is 0.0890. The highest BCUT2D eigenvalue weighted by atomic mass is 32.2. The second kappa shape index (κ2) is 16.2. The van der Waals surface area contributed by atoms with Crippen LogP contribution in [0.1, 0.15) is 63.9 Å². The minimum absolute atomic E-state index is 0.0375. The van der Waals surface area contributed by atoms with Crippen LogP contribution >= 0.6 is 11.8 Å². The van der Waals surface area contributed by atoms with E-state index in [0.717, 1.165) is 59.4 Å². The number of hydrogen-bond acceptors (Lipinski definition) is 8. The first-order chi connectivity index (χ1) is 24.9. The van der Waals surface area contributed by atoms with Gasteiger partial charge in [-0.1, -0.05) is 61.7 Å². The van der Waals surface area contributed by atoms with Crippen LogP contribution in [-0.4, -0.2) is 50.3 Å². The molecule has 10 nitrogen and oxygen atoms in total. The third kappa shape index (κ3) is 9.20. The van der Waals surface area contributed by atoms with Gasteiger partial charge in [0.2, 0.25) is 10.0 Å². The topological polar surface area (TPSA) is 149 Å². The van der Waals surface area contributed by atoms with Gasteiger partial charge in [0.15, 0.2) is 5.78 Å². The molecule has 52 heavy (non-hydrogen) atoms. The van der Waals surface area contributed by atoms with Crippen LogP contribution in [0.4, 0.5) is 0 Å². The molecule has 0 atom stereocenters. The Labute approximate surface area is 309 Å². The standard InChI is InChI=1S/C39H42N4O6S3/c1-42-27-36(38(44)30-8-4-2-5-9-30)35-24-31(16-21-37(35)42)39(45)41-52(48,49)34-19-14-29(15-20-34)26-43(22-23-50-32-10-6-3-7-11-32)25-28-12-17-33(18-13-28)51(40,46)47/h3,6-7,10-21,24,27,30H,2,4-5,8-9,22-23,25-26H2,1H3,(H,41,45)(H2,40,46,47). The number of benzene rings is 4. The van der Waals surface area contributed by atoms with Gasteiger partial charge in [-0.15, -0.1) is 11.8 Å². The largest absolute Gasteiger partial charge is 0.350 e. The monoisotopic (exact) mass is 758 g/mol. The fourth-order valence-corrected chi connectivity index (χ4v) is 9.08. The Hall–Kier alpha value is -4.27. The van der Waals surface area contributed by atoms with Gasteiger partial charge in [-0.25, -0.2) is 26.7 Å². The maximum Gasteiger partial charge on any atom is 0.265 e. The number of fused-ring (bicyclic) bond motifs is 1. The second-order valence-corrected chi connectivity index (χ2v) is 17.6. The van der Waals surface area contributed by atoms with Crippen molar-refractivity contribution in [1.82, 2.24) is 14.2 Å². The molecule has 4 aromatic carbocycles. The Kier molecular flexibility index (Phi) is 11.7. The summed E-state index contributed by atoms with van der Waals surface area (Å²) >= 11 is 1.72. The third-order valence-electron chi connectivity index (χ3n) is 9.44. The van der Waals surface area contributed by atoms with Crippen molar-refractivity contribution < 1.29 is 26.4 Å². The average molecular weight is 759 g/mol. The number of aryl methyl sites for hydroxylation is 1. The molecule has 0 saturated heterocycles. The number of sulfonamides is 2. The van der Waals surface area contributed by atoms with Gasteiger partial charge in [0, 0.05) is 71.5 Å². The van der Waals surface area contributed by atoms with Crippen molar-refractivity contribution >= 4 is 54.4 Å². The minimum Gasteiger partial charge on any atom is -0.350 e. The second-order valence-electron chi connectivity index (χ2n) is 13.2. The van der Waals surface area contributed by atoms with Gasteiger partial charge >= 0.3 is 0 Å². The molecule has 272 valence electrons. The Morgan fingerprint density at radius 3 is 2.06 bits per heavy atom. The van der Waals surface area contributed by atoms with E-state index in [4.69, 9.17) is 5.14 Å². The van der Waals surface area contributed by atoms with Crippen molar-refractivity contribution in [2.45, 2.75) is 59.9 Å². The summed E-state index contributed by atoms with van der Waals surface area (Å²) in [6, 6.07) is 27.8. The molecule has 1 amide bonds. The van der Waals surface area contributed by atoms with Crippen LogP contribution in [0.2, 0.25) is 0 Å². The first-order valence-corrected chi connectivity index (χ1v) is 21.2. The van der Waals surface area contributed by atoms with Gasteiger partial charge in [0.1, 0.15) is 0 Å². The number of aromatic nitrogens is 1. The predicted molar refractivity (Wildman–Crippen MR) is 204 cm³/mol. The van der Waals surface area contributed by atoms with Crippen molar-refractivity contribution in [3.05, 3.63) is 126 Å². The predicted octanol–water partition coefficient (Wildman–Crippen LogP) is 6.50. The molecule has 1 aromatic heterocycles. The van der Waals surface area contributed by atoms with E-state index in [1.54, 1.807) is 60.4 Å². The van der Waals surface area contributed by atoms with Crippen LogP contribution in [0, 0.1) is 5.92 Å². The molecule has 0 unspecified atom stereocenters. The number of rotatable bonds is 14. The number of nitrogens with two attached hydrogens (primary N) is 1. The number of amides is 1. The molecule has 0 aliphatic heterocycles. The van der Waals surface area contributed by atoms with E-state index in [1.807, 2.05) is 29.8 Å². The molecular weight excluding hydrogens is 717 g/mol. The summed E-state index contributed by atoms with van der Waals surface area (Å²) in [5.74, 6) is 0.0536. The van der Waals surface area contributed by atoms with Crippen LogP contribution < -0.4 is 9.86 Å². The molecule has 0 spiro atoms. The number of nitrogens with one attached hydrogen (secondary N) is 1. The van der Waals surface area contributed by atoms with Gasteiger partial charge in [-0.3, -0.25) is 14.5 Å². The highest BCUT2D eigenvalue weighted by molar-refractivity contribution is 7.99. The van der Waals surface area contributed by atoms with E-state index in [1.165, 1.54) is 24.3 Å². The summed E-state index contributed by atoms with van der Waals surface area (Å²) < 4.78 is 54.2. The number of carbonyl (C=O) groups excluding carboxylic acids is 2.